The van der Waals surface area contributed by atoms with Gasteiger partial charge in [0.25, 0.3) is 0 Å². The SMILES string of the molecule is C/C=C/COc1cc(C)c(OCCCCCCc2ccc(OCC=NOC)cc2)c(C)c1. The molecule has 0 aliphatic rings. The lowest BCUT2D eigenvalue weighted by atomic mass is 10.1. The number of rotatable bonds is 15. The second kappa shape index (κ2) is 15.0. The van der Waals surface area contributed by atoms with E-state index < -0.39 is 0 Å². The van der Waals surface area contributed by atoms with Gasteiger partial charge in [-0.15, -0.1) is 0 Å². The van der Waals surface area contributed by atoms with Crippen molar-refractivity contribution in [1.29, 1.82) is 0 Å². The van der Waals surface area contributed by atoms with Gasteiger partial charge in [0.05, 0.1) is 12.8 Å². The third kappa shape index (κ3) is 9.46. The van der Waals surface area contributed by atoms with Crippen LogP contribution in [0.1, 0.15) is 49.3 Å². The summed E-state index contributed by atoms with van der Waals surface area (Å²) in [6.45, 7) is 7.90. The molecular weight excluding hydrogens is 402 g/mol. The van der Waals surface area contributed by atoms with Crippen LogP contribution in [0, 0.1) is 13.8 Å². The molecule has 0 radical (unpaired) electrons. The molecule has 32 heavy (non-hydrogen) atoms. The lowest BCUT2D eigenvalue weighted by Gasteiger charge is -2.14. The van der Waals surface area contributed by atoms with Crippen molar-refractivity contribution in [2.75, 3.05) is 26.9 Å². The summed E-state index contributed by atoms with van der Waals surface area (Å²) >= 11 is 0. The molecule has 174 valence electrons. The van der Waals surface area contributed by atoms with E-state index in [0.29, 0.717) is 13.2 Å². The molecule has 2 aromatic carbocycles. The first-order valence-corrected chi connectivity index (χ1v) is 11.4. The molecule has 2 aromatic rings. The topological polar surface area (TPSA) is 49.3 Å². The first kappa shape index (κ1) is 25.3. The molecule has 0 N–H and O–H groups in total. The van der Waals surface area contributed by atoms with E-state index in [1.54, 1.807) is 6.21 Å². The van der Waals surface area contributed by atoms with E-state index in [-0.39, 0.29) is 0 Å². The largest absolute Gasteiger partial charge is 0.493 e. The molecule has 0 fully saturated rings. The highest BCUT2D eigenvalue weighted by Crippen LogP contribution is 2.28. The number of hydrogen-bond donors (Lipinski definition) is 0. The molecule has 0 saturated carbocycles. The van der Waals surface area contributed by atoms with Crippen LogP contribution in [0.25, 0.3) is 0 Å². The minimum absolute atomic E-state index is 0.406. The van der Waals surface area contributed by atoms with Gasteiger partial charge in [-0.3, -0.25) is 0 Å². The number of hydrogen-bond acceptors (Lipinski definition) is 5. The third-order valence-corrected chi connectivity index (χ3v) is 5.05. The highest BCUT2D eigenvalue weighted by atomic mass is 16.6. The van der Waals surface area contributed by atoms with E-state index in [1.807, 2.05) is 31.2 Å². The van der Waals surface area contributed by atoms with Crippen LogP contribution in [0.2, 0.25) is 0 Å². The van der Waals surface area contributed by atoms with Crippen LogP contribution >= 0.6 is 0 Å². The Hall–Kier alpha value is -2.95. The molecule has 0 aromatic heterocycles. The summed E-state index contributed by atoms with van der Waals surface area (Å²) in [6.07, 6.45) is 11.3. The predicted molar refractivity (Wildman–Crippen MR) is 131 cm³/mol. The fourth-order valence-electron chi connectivity index (χ4n) is 3.41. The molecule has 2 rings (SSSR count). The van der Waals surface area contributed by atoms with Gasteiger partial charge in [0.15, 0.2) is 0 Å². The molecular formula is C27H37NO4. The van der Waals surface area contributed by atoms with Crippen LogP contribution in [0.3, 0.4) is 0 Å². The molecule has 0 aliphatic heterocycles. The number of allylic oxidation sites excluding steroid dienone is 1. The lowest BCUT2D eigenvalue weighted by Crippen LogP contribution is -2.02. The Balaban J connectivity index is 1.62. The van der Waals surface area contributed by atoms with Crippen molar-refractivity contribution in [3.63, 3.8) is 0 Å². The first-order valence-electron chi connectivity index (χ1n) is 11.4. The number of oxime groups is 1. The highest BCUT2D eigenvalue weighted by molar-refractivity contribution is 5.58. The predicted octanol–water partition coefficient (Wildman–Crippen LogP) is 6.45. The Kier molecular flexibility index (Phi) is 11.8. The van der Waals surface area contributed by atoms with E-state index >= 15 is 0 Å². The van der Waals surface area contributed by atoms with Crippen molar-refractivity contribution in [1.82, 2.24) is 0 Å². The van der Waals surface area contributed by atoms with Crippen molar-refractivity contribution in [2.45, 2.75) is 52.9 Å². The van der Waals surface area contributed by atoms with E-state index in [9.17, 15) is 0 Å². The van der Waals surface area contributed by atoms with E-state index in [0.717, 1.165) is 47.8 Å². The van der Waals surface area contributed by atoms with Crippen LogP contribution in [0.15, 0.2) is 53.7 Å². The Morgan fingerprint density at radius 2 is 1.50 bits per heavy atom. The zero-order valence-electron chi connectivity index (χ0n) is 19.9. The van der Waals surface area contributed by atoms with Gasteiger partial charge < -0.3 is 19.0 Å². The number of unbranched alkanes of at least 4 members (excludes halogenated alkanes) is 3. The van der Waals surface area contributed by atoms with Crippen LogP contribution < -0.4 is 14.2 Å². The standard InChI is InChI=1S/C27H37NO4/c1-5-6-17-30-26-20-22(2)27(23(3)21-26)32-18-10-8-7-9-11-24-12-14-25(15-13-24)31-19-16-28-29-4/h5-6,12-16,20-21H,7-11,17-19H2,1-4H3/b6-5+,28-16?. The maximum absolute atomic E-state index is 6.07. The van der Waals surface area contributed by atoms with Crippen molar-refractivity contribution < 1.29 is 19.0 Å². The van der Waals surface area contributed by atoms with E-state index in [4.69, 9.17) is 14.2 Å². The summed E-state index contributed by atoms with van der Waals surface area (Å²) in [5, 5.41) is 3.65. The Morgan fingerprint density at radius 3 is 2.19 bits per heavy atom. The van der Waals surface area contributed by atoms with Gasteiger partial charge >= 0.3 is 0 Å². The molecule has 0 amide bonds. The maximum Gasteiger partial charge on any atom is 0.127 e. The molecule has 0 saturated heterocycles. The van der Waals surface area contributed by atoms with Crippen molar-refractivity contribution in [3.05, 3.63) is 65.2 Å². The van der Waals surface area contributed by atoms with Crippen LogP contribution in [0.4, 0.5) is 0 Å². The summed E-state index contributed by atoms with van der Waals surface area (Å²) in [5.74, 6) is 2.72. The molecule has 0 aliphatic carbocycles. The minimum Gasteiger partial charge on any atom is -0.493 e. The van der Waals surface area contributed by atoms with Crippen LogP contribution in [0.5, 0.6) is 17.2 Å². The fraction of sp³-hybridized carbons (Fsp3) is 0.444. The van der Waals surface area contributed by atoms with Gasteiger partial charge in [-0.05, 0) is 81.0 Å². The second-order valence-corrected chi connectivity index (χ2v) is 7.70. The van der Waals surface area contributed by atoms with Gasteiger partial charge in [-0.1, -0.05) is 42.3 Å². The third-order valence-electron chi connectivity index (χ3n) is 5.05. The van der Waals surface area contributed by atoms with Gasteiger partial charge in [-0.2, -0.15) is 0 Å². The molecule has 0 heterocycles. The van der Waals surface area contributed by atoms with Crippen molar-refractivity contribution in [3.8, 4) is 17.2 Å². The number of ether oxygens (including phenoxy) is 3. The van der Waals surface area contributed by atoms with Gasteiger partial charge in [-0.25, -0.2) is 0 Å². The smallest absolute Gasteiger partial charge is 0.127 e. The average molecular weight is 440 g/mol. The summed E-state index contributed by atoms with van der Waals surface area (Å²) in [4.78, 5) is 4.61. The molecule has 0 bridgehead atoms. The van der Waals surface area contributed by atoms with Gasteiger partial charge in [0.1, 0.15) is 37.6 Å². The summed E-state index contributed by atoms with van der Waals surface area (Å²) < 4.78 is 17.4. The molecule has 5 nitrogen and oxygen atoms in total. The fourth-order valence-corrected chi connectivity index (χ4v) is 3.41. The Morgan fingerprint density at radius 1 is 0.812 bits per heavy atom. The first-order chi connectivity index (χ1) is 15.6. The van der Waals surface area contributed by atoms with Crippen LogP contribution in [-0.4, -0.2) is 33.1 Å². The quantitative estimate of drug-likeness (QED) is 0.138. The number of nitrogens with zero attached hydrogens (tertiary/aromatic N) is 1. The molecule has 0 atom stereocenters. The minimum atomic E-state index is 0.406. The monoisotopic (exact) mass is 439 g/mol. The normalized spacial score (nSPS) is 11.2. The van der Waals surface area contributed by atoms with Gasteiger partial charge in [0.2, 0.25) is 0 Å². The van der Waals surface area contributed by atoms with Crippen molar-refractivity contribution >= 4 is 6.21 Å². The zero-order valence-corrected chi connectivity index (χ0v) is 19.9. The highest BCUT2D eigenvalue weighted by Gasteiger charge is 2.07. The summed E-state index contributed by atoms with van der Waals surface area (Å²) in [7, 11) is 1.52. The summed E-state index contributed by atoms with van der Waals surface area (Å²) in [5.41, 5.74) is 3.58. The maximum atomic E-state index is 6.07. The van der Waals surface area contributed by atoms with E-state index in [2.05, 4.69) is 48.1 Å². The zero-order chi connectivity index (χ0) is 23.0. The Bertz CT molecular complexity index is 820. The summed E-state index contributed by atoms with van der Waals surface area (Å²) in [6, 6.07) is 12.4. The van der Waals surface area contributed by atoms with Gasteiger partial charge in [0, 0.05) is 0 Å². The van der Waals surface area contributed by atoms with Crippen molar-refractivity contribution in [2.24, 2.45) is 5.16 Å². The second-order valence-electron chi connectivity index (χ2n) is 7.70. The molecule has 0 spiro atoms. The van der Waals surface area contributed by atoms with E-state index in [1.165, 1.54) is 31.9 Å². The average Bonchev–Trinajstić information content (AvgIpc) is 2.78. The lowest BCUT2D eigenvalue weighted by molar-refractivity contribution is 0.212. The Labute approximate surface area is 193 Å². The van der Waals surface area contributed by atoms with Crippen LogP contribution in [-0.2, 0) is 11.3 Å². The molecule has 5 heteroatoms. The number of aryl methyl sites for hydroxylation is 3. The number of benzene rings is 2. The molecule has 0 unspecified atom stereocenters.